The predicted molar refractivity (Wildman–Crippen MR) is 154 cm³/mol. The molecule has 5 rings (SSSR count). The van der Waals surface area contributed by atoms with E-state index in [9.17, 15) is 19.5 Å². The Kier molecular flexibility index (Phi) is 8.06. The van der Waals surface area contributed by atoms with Gasteiger partial charge in [0.1, 0.15) is 17.9 Å². The number of aromatic carboxylic acids is 1. The molecule has 0 radical (unpaired) electrons. The molecule has 1 unspecified atom stereocenters. The van der Waals surface area contributed by atoms with Crippen molar-refractivity contribution in [2.24, 2.45) is 0 Å². The van der Waals surface area contributed by atoms with E-state index >= 15 is 0 Å². The molecule has 2 N–H and O–H groups in total. The van der Waals surface area contributed by atoms with E-state index in [1.807, 2.05) is 45.0 Å². The maximum atomic E-state index is 13.8. The molecular formula is C32H37N3O6. The minimum atomic E-state index is -1.06. The molecule has 0 saturated carbocycles. The lowest BCUT2D eigenvalue weighted by Crippen LogP contribution is -2.42. The number of nitrogens with one attached hydrogen (secondary N) is 1. The van der Waals surface area contributed by atoms with E-state index in [-0.39, 0.29) is 36.9 Å². The minimum absolute atomic E-state index is 0.0597. The van der Waals surface area contributed by atoms with Gasteiger partial charge < -0.3 is 29.4 Å². The Bertz CT molecular complexity index is 1380. The third-order valence-electron chi connectivity index (χ3n) is 7.69. The second-order valence-corrected chi connectivity index (χ2v) is 11.7. The molecule has 2 aliphatic rings. The fraction of sp³-hybridized carbons (Fsp3) is 0.406. The van der Waals surface area contributed by atoms with Crippen LogP contribution in [0.5, 0.6) is 0 Å². The Labute approximate surface area is 240 Å². The number of carbonyl (C=O) groups excluding carboxylic acids is 2. The van der Waals surface area contributed by atoms with Crippen LogP contribution in [-0.2, 0) is 16.0 Å². The van der Waals surface area contributed by atoms with Crippen molar-refractivity contribution in [1.82, 2.24) is 14.8 Å². The van der Waals surface area contributed by atoms with Gasteiger partial charge in [0.25, 0.3) is 0 Å². The molecule has 2 aromatic carbocycles. The van der Waals surface area contributed by atoms with Gasteiger partial charge in [-0.3, -0.25) is 0 Å². The fourth-order valence-corrected chi connectivity index (χ4v) is 5.77. The first kappa shape index (κ1) is 28.3. The Morgan fingerprint density at radius 2 is 1.66 bits per heavy atom. The molecule has 2 heterocycles. The number of carboxylic acids is 1. The van der Waals surface area contributed by atoms with E-state index < -0.39 is 17.7 Å². The summed E-state index contributed by atoms with van der Waals surface area (Å²) in [4.78, 5) is 44.1. The zero-order valence-corrected chi connectivity index (χ0v) is 23.8. The van der Waals surface area contributed by atoms with Gasteiger partial charge in [-0.2, -0.15) is 0 Å². The third-order valence-corrected chi connectivity index (χ3v) is 7.69. The Balaban J connectivity index is 1.33. The largest absolute Gasteiger partial charge is 0.477 e. The van der Waals surface area contributed by atoms with Crippen LogP contribution in [0.1, 0.15) is 73.1 Å². The van der Waals surface area contributed by atoms with Crippen molar-refractivity contribution in [2.45, 2.75) is 64.1 Å². The molecule has 0 bridgehead atoms. The van der Waals surface area contributed by atoms with Crippen molar-refractivity contribution in [1.29, 1.82) is 0 Å². The van der Waals surface area contributed by atoms with Gasteiger partial charge in [0.05, 0.1) is 6.54 Å². The number of nitrogens with zero attached hydrogens (tertiary/aromatic N) is 2. The second-order valence-electron chi connectivity index (χ2n) is 11.7. The van der Waals surface area contributed by atoms with Crippen LogP contribution in [0, 0.1) is 0 Å². The Morgan fingerprint density at radius 1 is 1.00 bits per heavy atom. The van der Waals surface area contributed by atoms with Gasteiger partial charge >= 0.3 is 18.2 Å². The van der Waals surface area contributed by atoms with Crippen molar-refractivity contribution >= 4 is 18.2 Å². The third kappa shape index (κ3) is 6.39. The zero-order chi connectivity index (χ0) is 29.1. The number of carbonyl (C=O) groups is 3. The maximum absolute atomic E-state index is 13.8. The lowest BCUT2D eigenvalue weighted by molar-refractivity contribution is 0.0252. The van der Waals surface area contributed by atoms with Crippen molar-refractivity contribution in [3.8, 4) is 11.1 Å². The van der Waals surface area contributed by atoms with E-state index in [4.69, 9.17) is 9.47 Å². The van der Waals surface area contributed by atoms with Gasteiger partial charge in [-0.25, -0.2) is 14.4 Å². The standard InChI is InChI=1S/C32H37N3O6/c1-32(2,3)41-30(38)34-15-8-9-22(14-16-34)35(19-21-17-28(29(36)37)33-18-21)31(39)40-20-27-25-12-6-4-10-23(25)24-11-5-7-13-26(24)27/h4-7,10-13,17-18,22,27,33H,8-9,14-16,19-20H2,1-3H3,(H,36,37). The number of aromatic nitrogens is 1. The summed E-state index contributed by atoms with van der Waals surface area (Å²) >= 11 is 0. The van der Waals surface area contributed by atoms with Crippen molar-refractivity contribution in [2.75, 3.05) is 19.7 Å². The molecule has 2 amide bonds. The highest BCUT2D eigenvalue weighted by Gasteiger charge is 2.33. The van der Waals surface area contributed by atoms with Gasteiger partial charge in [0, 0.05) is 31.2 Å². The lowest BCUT2D eigenvalue weighted by Gasteiger charge is -2.31. The van der Waals surface area contributed by atoms with E-state index in [0.717, 1.165) is 22.3 Å². The number of aromatic amines is 1. The number of amides is 2. The summed E-state index contributed by atoms with van der Waals surface area (Å²) in [5.41, 5.74) is 4.71. The highest BCUT2D eigenvalue weighted by atomic mass is 16.6. The summed E-state index contributed by atoms with van der Waals surface area (Å²) in [7, 11) is 0. The molecule has 1 fully saturated rings. The second kappa shape index (κ2) is 11.7. The molecule has 1 aromatic heterocycles. The quantitative estimate of drug-likeness (QED) is 0.369. The van der Waals surface area contributed by atoms with Gasteiger partial charge in [-0.1, -0.05) is 48.5 Å². The van der Waals surface area contributed by atoms with Crippen LogP contribution >= 0.6 is 0 Å². The number of likely N-dealkylation sites (tertiary alicyclic amines) is 1. The number of ether oxygens (including phenoxy) is 2. The molecule has 41 heavy (non-hydrogen) atoms. The molecule has 1 aliphatic heterocycles. The van der Waals surface area contributed by atoms with E-state index in [2.05, 4.69) is 29.2 Å². The van der Waals surface area contributed by atoms with Crippen molar-refractivity contribution in [3.63, 3.8) is 0 Å². The van der Waals surface area contributed by atoms with Crippen LogP contribution in [0.4, 0.5) is 9.59 Å². The topological polar surface area (TPSA) is 112 Å². The molecule has 3 aromatic rings. The van der Waals surface area contributed by atoms with Crippen LogP contribution in [0.15, 0.2) is 60.8 Å². The van der Waals surface area contributed by atoms with Crippen LogP contribution in [0.25, 0.3) is 11.1 Å². The molecule has 9 nitrogen and oxygen atoms in total. The number of benzene rings is 2. The number of hydrogen-bond acceptors (Lipinski definition) is 5. The Morgan fingerprint density at radius 3 is 2.27 bits per heavy atom. The number of fused-ring (bicyclic) bond motifs is 3. The molecule has 216 valence electrons. The SMILES string of the molecule is CC(C)(C)OC(=O)N1CCCC(N(Cc2c[nH]c(C(=O)O)c2)C(=O)OCC2c3ccccc3-c3ccccc32)CC1. The number of H-pyrrole nitrogens is 1. The van der Waals surface area contributed by atoms with Crippen molar-refractivity contribution < 1.29 is 29.0 Å². The average Bonchev–Trinajstić information content (AvgIpc) is 3.44. The zero-order valence-electron chi connectivity index (χ0n) is 23.8. The highest BCUT2D eigenvalue weighted by molar-refractivity contribution is 5.85. The smallest absolute Gasteiger partial charge is 0.410 e. The van der Waals surface area contributed by atoms with Gasteiger partial charge in [0.2, 0.25) is 0 Å². The first-order valence-corrected chi connectivity index (χ1v) is 14.1. The number of carboxylic acid groups (broad SMARTS) is 1. The highest BCUT2D eigenvalue weighted by Crippen LogP contribution is 2.44. The van der Waals surface area contributed by atoms with Crippen LogP contribution in [-0.4, -0.2) is 69.4 Å². The monoisotopic (exact) mass is 559 g/mol. The Hall–Kier alpha value is -4.27. The molecule has 1 atom stereocenters. The summed E-state index contributed by atoms with van der Waals surface area (Å²) in [6, 6.07) is 17.7. The van der Waals surface area contributed by atoms with Crippen LogP contribution in [0.3, 0.4) is 0 Å². The van der Waals surface area contributed by atoms with Gasteiger partial charge in [0.15, 0.2) is 0 Å². The summed E-state index contributed by atoms with van der Waals surface area (Å²) in [5.74, 6) is -1.14. The first-order valence-electron chi connectivity index (χ1n) is 14.1. The van der Waals surface area contributed by atoms with Crippen molar-refractivity contribution in [3.05, 3.63) is 83.2 Å². The molecule has 0 spiro atoms. The van der Waals surface area contributed by atoms with Crippen LogP contribution < -0.4 is 0 Å². The van der Waals surface area contributed by atoms with E-state index in [1.165, 1.54) is 6.07 Å². The average molecular weight is 560 g/mol. The van der Waals surface area contributed by atoms with E-state index in [0.29, 0.717) is 37.9 Å². The van der Waals surface area contributed by atoms with E-state index in [1.54, 1.807) is 16.0 Å². The summed E-state index contributed by atoms with van der Waals surface area (Å²) in [5, 5.41) is 9.37. The minimum Gasteiger partial charge on any atom is -0.477 e. The lowest BCUT2D eigenvalue weighted by atomic mass is 9.98. The molecule has 9 heteroatoms. The molecule has 1 saturated heterocycles. The molecular weight excluding hydrogens is 522 g/mol. The fourth-order valence-electron chi connectivity index (χ4n) is 5.77. The number of rotatable bonds is 6. The van der Waals surface area contributed by atoms with Crippen LogP contribution in [0.2, 0.25) is 0 Å². The normalized spacial score (nSPS) is 16.9. The first-order chi connectivity index (χ1) is 19.6. The maximum Gasteiger partial charge on any atom is 0.410 e. The number of hydrogen-bond donors (Lipinski definition) is 2. The van der Waals surface area contributed by atoms with Gasteiger partial charge in [-0.05, 0) is 73.9 Å². The summed E-state index contributed by atoms with van der Waals surface area (Å²) in [6.07, 6.45) is 2.73. The summed E-state index contributed by atoms with van der Waals surface area (Å²) in [6.45, 7) is 6.88. The predicted octanol–water partition coefficient (Wildman–Crippen LogP) is 6.25. The molecule has 1 aliphatic carbocycles. The summed E-state index contributed by atoms with van der Waals surface area (Å²) < 4.78 is 11.6. The van der Waals surface area contributed by atoms with Gasteiger partial charge in [-0.15, -0.1) is 0 Å².